The molecular formula is C22H18N4O2. The number of carbonyl (C=O) groups is 1. The molecule has 0 spiro atoms. The number of benzene rings is 2. The Kier molecular flexibility index (Phi) is 4.84. The number of hydrogen-bond donors (Lipinski definition) is 1. The van der Waals surface area contributed by atoms with Crippen molar-refractivity contribution in [3.8, 4) is 16.9 Å². The van der Waals surface area contributed by atoms with Crippen LogP contribution in [0.3, 0.4) is 0 Å². The van der Waals surface area contributed by atoms with Gasteiger partial charge in [-0.3, -0.25) is 4.79 Å². The molecule has 0 saturated carbocycles. The molecule has 6 heteroatoms. The number of hydrogen-bond acceptors (Lipinski definition) is 4. The van der Waals surface area contributed by atoms with Crippen LogP contribution in [0.25, 0.3) is 16.9 Å². The number of aromatic nitrogens is 2. The molecule has 6 nitrogen and oxygen atoms in total. The number of nitrogens with one attached hydrogen (secondary N) is 1. The van der Waals surface area contributed by atoms with E-state index in [2.05, 4.69) is 10.5 Å². The summed E-state index contributed by atoms with van der Waals surface area (Å²) in [7, 11) is 0. The van der Waals surface area contributed by atoms with Gasteiger partial charge in [0.05, 0.1) is 23.7 Å². The van der Waals surface area contributed by atoms with E-state index in [9.17, 15) is 4.79 Å². The van der Waals surface area contributed by atoms with Crippen molar-refractivity contribution in [1.29, 1.82) is 0 Å². The number of furan rings is 1. The Morgan fingerprint density at radius 1 is 1.07 bits per heavy atom. The Labute approximate surface area is 162 Å². The molecule has 0 atom stereocenters. The van der Waals surface area contributed by atoms with Gasteiger partial charge in [-0.2, -0.15) is 10.2 Å². The van der Waals surface area contributed by atoms with Gasteiger partial charge in [-0.15, -0.1) is 0 Å². The van der Waals surface area contributed by atoms with Crippen molar-refractivity contribution < 1.29 is 9.21 Å². The van der Waals surface area contributed by atoms with Crippen LogP contribution in [0.1, 0.15) is 21.7 Å². The highest BCUT2D eigenvalue weighted by atomic mass is 16.3. The average molecular weight is 370 g/mol. The minimum atomic E-state index is -0.320. The van der Waals surface area contributed by atoms with Crippen molar-refractivity contribution in [1.82, 2.24) is 15.2 Å². The standard InChI is InChI=1S/C22H18N4O2/c1-16-20(12-13-28-16)22(27)24-23-14-18-15-26(19-10-6-3-7-11-19)25-21(18)17-8-4-2-5-9-17/h2-15H,1H3,(H,24,27)/b23-14-. The van der Waals surface area contributed by atoms with E-state index in [0.29, 0.717) is 11.3 Å². The fourth-order valence-corrected chi connectivity index (χ4v) is 2.86. The third kappa shape index (κ3) is 3.61. The highest BCUT2D eigenvalue weighted by molar-refractivity contribution is 5.96. The van der Waals surface area contributed by atoms with Crippen LogP contribution in [0, 0.1) is 6.92 Å². The van der Waals surface area contributed by atoms with E-state index < -0.39 is 0 Å². The number of nitrogens with zero attached hydrogens (tertiary/aromatic N) is 3. The van der Waals surface area contributed by atoms with Gasteiger partial charge in [0.15, 0.2) is 0 Å². The molecule has 4 aromatic rings. The van der Waals surface area contributed by atoms with Crippen LogP contribution in [0.15, 0.2) is 88.7 Å². The lowest BCUT2D eigenvalue weighted by Crippen LogP contribution is -2.17. The molecule has 0 radical (unpaired) electrons. The van der Waals surface area contributed by atoms with Crippen LogP contribution in [0.4, 0.5) is 0 Å². The highest BCUT2D eigenvalue weighted by Gasteiger charge is 2.12. The molecule has 2 heterocycles. The predicted molar refractivity (Wildman–Crippen MR) is 108 cm³/mol. The summed E-state index contributed by atoms with van der Waals surface area (Å²) in [5, 5.41) is 8.82. The third-order valence-corrected chi connectivity index (χ3v) is 4.28. The van der Waals surface area contributed by atoms with E-state index in [1.54, 1.807) is 23.9 Å². The predicted octanol–water partition coefficient (Wildman–Crippen LogP) is 4.20. The Hall–Kier alpha value is -3.93. The van der Waals surface area contributed by atoms with E-state index in [1.165, 1.54) is 6.26 Å². The second kappa shape index (κ2) is 7.75. The Morgan fingerprint density at radius 3 is 2.46 bits per heavy atom. The quantitative estimate of drug-likeness (QED) is 0.423. The third-order valence-electron chi connectivity index (χ3n) is 4.28. The van der Waals surface area contributed by atoms with E-state index >= 15 is 0 Å². The smallest absolute Gasteiger partial charge is 0.274 e. The minimum absolute atomic E-state index is 0.320. The number of carbonyl (C=O) groups excluding carboxylic acids is 1. The van der Waals surface area contributed by atoms with Gasteiger partial charge in [0.25, 0.3) is 5.91 Å². The van der Waals surface area contributed by atoms with Crippen LogP contribution < -0.4 is 5.43 Å². The van der Waals surface area contributed by atoms with E-state index in [4.69, 9.17) is 9.52 Å². The molecule has 1 N–H and O–H groups in total. The molecule has 2 aromatic carbocycles. The zero-order valence-electron chi connectivity index (χ0n) is 15.2. The summed E-state index contributed by atoms with van der Waals surface area (Å²) < 4.78 is 6.95. The fraction of sp³-hybridized carbons (Fsp3) is 0.0455. The zero-order valence-corrected chi connectivity index (χ0v) is 15.2. The maximum absolute atomic E-state index is 12.2. The first kappa shape index (κ1) is 17.5. The molecule has 0 saturated heterocycles. The van der Waals surface area contributed by atoms with Gasteiger partial charge >= 0.3 is 0 Å². The van der Waals surface area contributed by atoms with Crippen molar-refractivity contribution in [3.05, 3.63) is 96.1 Å². The topological polar surface area (TPSA) is 72.4 Å². The summed E-state index contributed by atoms with van der Waals surface area (Å²) in [6, 6.07) is 21.3. The highest BCUT2D eigenvalue weighted by Crippen LogP contribution is 2.22. The molecule has 0 aliphatic rings. The number of hydrazone groups is 1. The molecule has 2 aromatic heterocycles. The van der Waals surface area contributed by atoms with Crippen LogP contribution in [-0.2, 0) is 0 Å². The van der Waals surface area contributed by atoms with E-state index in [-0.39, 0.29) is 5.91 Å². The molecule has 4 rings (SSSR count). The zero-order chi connectivity index (χ0) is 19.3. The molecule has 28 heavy (non-hydrogen) atoms. The molecule has 0 aliphatic heterocycles. The summed E-state index contributed by atoms with van der Waals surface area (Å²) in [5.41, 5.74) is 6.48. The Bertz CT molecular complexity index is 1110. The van der Waals surface area contributed by atoms with Crippen molar-refractivity contribution >= 4 is 12.1 Å². The Balaban J connectivity index is 1.64. The second-order valence-corrected chi connectivity index (χ2v) is 6.17. The SMILES string of the molecule is Cc1occc1C(=O)N/N=C\c1cn(-c2ccccc2)nc1-c1ccccc1. The summed E-state index contributed by atoms with van der Waals surface area (Å²) in [5.74, 6) is 0.230. The van der Waals surface area contributed by atoms with Crippen LogP contribution in [-0.4, -0.2) is 21.9 Å². The largest absolute Gasteiger partial charge is 0.469 e. The van der Waals surface area contributed by atoms with Crippen LogP contribution in [0.5, 0.6) is 0 Å². The van der Waals surface area contributed by atoms with Gasteiger partial charge < -0.3 is 4.42 Å². The summed E-state index contributed by atoms with van der Waals surface area (Å²) in [6.07, 6.45) is 4.96. The molecule has 138 valence electrons. The maximum Gasteiger partial charge on any atom is 0.274 e. The molecule has 0 bridgehead atoms. The second-order valence-electron chi connectivity index (χ2n) is 6.17. The summed E-state index contributed by atoms with van der Waals surface area (Å²) in [4.78, 5) is 12.2. The van der Waals surface area contributed by atoms with Gasteiger partial charge in [-0.05, 0) is 25.1 Å². The molecule has 0 unspecified atom stereocenters. The fourth-order valence-electron chi connectivity index (χ4n) is 2.86. The lowest BCUT2D eigenvalue weighted by Gasteiger charge is -2.00. The van der Waals surface area contributed by atoms with E-state index in [0.717, 1.165) is 22.5 Å². The lowest BCUT2D eigenvalue weighted by atomic mass is 10.1. The van der Waals surface area contributed by atoms with Gasteiger partial charge in [0, 0.05) is 17.3 Å². The number of rotatable bonds is 5. The Morgan fingerprint density at radius 2 is 1.79 bits per heavy atom. The first-order valence-electron chi connectivity index (χ1n) is 8.80. The van der Waals surface area contributed by atoms with Crippen LogP contribution >= 0.6 is 0 Å². The van der Waals surface area contributed by atoms with Crippen LogP contribution in [0.2, 0.25) is 0 Å². The molecule has 0 aliphatic carbocycles. The van der Waals surface area contributed by atoms with Gasteiger partial charge in [-0.25, -0.2) is 10.1 Å². The first-order chi connectivity index (χ1) is 13.7. The first-order valence-corrected chi connectivity index (χ1v) is 8.80. The van der Waals surface area contributed by atoms with Gasteiger partial charge in [0.1, 0.15) is 11.5 Å². The molecular weight excluding hydrogens is 352 g/mol. The number of para-hydroxylation sites is 1. The molecule has 0 fully saturated rings. The van der Waals surface area contributed by atoms with Crippen molar-refractivity contribution in [2.45, 2.75) is 6.92 Å². The van der Waals surface area contributed by atoms with E-state index in [1.807, 2.05) is 66.9 Å². The summed E-state index contributed by atoms with van der Waals surface area (Å²) in [6.45, 7) is 1.73. The van der Waals surface area contributed by atoms with Gasteiger partial charge in [0.2, 0.25) is 0 Å². The number of amides is 1. The number of aryl methyl sites for hydroxylation is 1. The monoisotopic (exact) mass is 370 g/mol. The molecule has 1 amide bonds. The van der Waals surface area contributed by atoms with Crippen molar-refractivity contribution in [2.24, 2.45) is 5.10 Å². The summed E-state index contributed by atoms with van der Waals surface area (Å²) >= 11 is 0. The average Bonchev–Trinajstić information content (AvgIpc) is 3.36. The van der Waals surface area contributed by atoms with Gasteiger partial charge in [-0.1, -0.05) is 48.5 Å². The minimum Gasteiger partial charge on any atom is -0.469 e. The van der Waals surface area contributed by atoms with Crippen molar-refractivity contribution in [3.63, 3.8) is 0 Å². The normalized spacial score (nSPS) is 11.0. The maximum atomic E-state index is 12.2. The van der Waals surface area contributed by atoms with Crippen molar-refractivity contribution in [2.75, 3.05) is 0 Å². The lowest BCUT2D eigenvalue weighted by molar-refractivity contribution is 0.0953.